The molecule has 0 bridgehead atoms. The Hall–Kier alpha value is -0.000000000000000111. The van der Waals surface area contributed by atoms with E-state index in [1.807, 2.05) is 47.0 Å². The lowest BCUT2D eigenvalue weighted by molar-refractivity contribution is 0.00275. The average Bonchev–Trinajstić information content (AvgIpc) is 3.35. The van der Waals surface area contributed by atoms with Gasteiger partial charge in [-0.1, -0.05) is 47.0 Å². The van der Waals surface area contributed by atoms with Crippen molar-refractivity contribution in [3.63, 3.8) is 0 Å². The standard InChI is InChI=1S/C17H23NO4S4/c1-19-4-5-21-8-9-22-7-6-20-3-2-18-12-14-15(13-18)26-17(25-14)16-23-10-11-24-16/h10-13H,2-9H2,1H3. The van der Waals surface area contributed by atoms with Crippen LogP contribution in [0.1, 0.15) is 0 Å². The summed E-state index contributed by atoms with van der Waals surface area (Å²) in [5, 5.41) is 4.29. The minimum absolute atomic E-state index is 0.593. The fraction of sp³-hybridized carbons (Fsp3) is 0.529. The van der Waals surface area contributed by atoms with Crippen LogP contribution in [0, 0.1) is 0 Å². The summed E-state index contributed by atoms with van der Waals surface area (Å²) >= 11 is 7.38. The van der Waals surface area contributed by atoms with Gasteiger partial charge in [0.05, 0.1) is 54.7 Å². The first kappa shape index (κ1) is 20.7. The number of rotatable bonds is 12. The lowest BCUT2D eigenvalue weighted by Crippen LogP contribution is -2.12. The molecule has 5 nitrogen and oxygen atoms in total. The van der Waals surface area contributed by atoms with E-state index in [0.717, 1.165) is 6.54 Å². The molecule has 26 heavy (non-hydrogen) atoms. The molecule has 2 aliphatic heterocycles. The number of nitrogens with zero attached hydrogens (tertiary/aromatic N) is 1. The van der Waals surface area contributed by atoms with Gasteiger partial charge in [-0.05, 0) is 10.8 Å². The van der Waals surface area contributed by atoms with Gasteiger partial charge in [0.1, 0.15) is 0 Å². The van der Waals surface area contributed by atoms with E-state index in [2.05, 4.69) is 27.8 Å². The Morgan fingerprint density at radius 1 is 0.731 bits per heavy atom. The Balaban J connectivity index is 1.23. The molecule has 3 heterocycles. The number of thioether (sulfide) groups is 4. The third kappa shape index (κ3) is 6.56. The summed E-state index contributed by atoms with van der Waals surface area (Å²) < 4.78 is 26.3. The smallest absolute Gasteiger partial charge is 0.0707 e. The first-order valence-electron chi connectivity index (χ1n) is 8.37. The van der Waals surface area contributed by atoms with Crippen LogP contribution in [-0.2, 0) is 25.5 Å². The van der Waals surface area contributed by atoms with Crippen LogP contribution < -0.4 is 0 Å². The van der Waals surface area contributed by atoms with Crippen LogP contribution in [0.15, 0.2) is 41.5 Å². The first-order chi connectivity index (χ1) is 12.9. The molecule has 0 atom stereocenters. The van der Waals surface area contributed by atoms with E-state index in [1.54, 1.807) is 7.11 Å². The largest absolute Gasteiger partial charge is 0.382 e. The van der Waals surface area contributed by atoms with Crippen molar-refractivity contribution in [2.24, 2.45) is 0 Å². The van der Waals surface area contributed by atoms with Gasteiger partial charge in [-0.25, -0.2) is 0 Å². The molecule has 0 fully saturated rings. The Morgan fingerprint density at radius 2 is 1.27 bits per heavy atom. The van der Waals surface area contributed by atoms with Crippen LogP contribution in [-0.4, -0.2) is 57.9 Å². The molecule has 0 saturated carbocycles. The Kier molecular flexibility index (Phi) is 9.37. The van der Waals surface area contributed by atoms with Crippen LogP contribution in [0.3, 0.4) is 0 Å². The quantitative estimate of drug-likeness (QED) is 0.448. The summed E-state index contributed by atoms with van der Waals surface area (Å²) in [6.45, 7) is 5.19. The highest BCUT2D eigenvalue weighted by Crippen LogP contribution is 2.57. The van der Waals surface area contributed by atoms with Crippen LogP contribution in [0.4, 0.5) is 0 Å². The predicted octanol–water partition coefficient (Wildman–Crippen LogP) is 4.46. The van der Waals surface area contributed by atoms with Crippen molar-refractivity contribution >= 4 is 47.0 Å². The SMILES string of the molecule is COCCOCCOCCOCCn1cc2c(c1)SC(=C1SC=CS1)S2. The molecule has 1 aromatic rings. The summed E-state index contributed by atoms with van der Waals surface area (Å²) in [6, 6.07) is 0. The van der Waals surface area contributed by atoms with Crippen molar-refractivity contribution in [1.82, 2.24) is 4.57 Å². The van der Waals surface area contributed by atoms with Crippen molar-refractivity contribution in [3.8, 4) is 0 Å². The van der Waals surface area contributed by atoms with Gasteiger partial charge in [-0.2, -0.15) is 0 Å². The minimum Gasteiger partial charge on any atom is -0.382 e. The molecule has 9 heteroatoms. The Morgan fingerprint density at radius 3 is 1.85 bits per heavy atom. The molecular weight excluding hydrogens is 410 g/mol. The van der Waals surface area contributed by atoms with Crippen LogP contribution in [0.2, 0.25) is 0 Å². The molecule has 0 amide bonds. The average molecular weight is 434 g/mol. The van der Waals surface area contributed by atoms with E-state index < -0.39 is 0 Å². The molecule has 0 unspecified atom stereocenters. The molecule has 0 N–H and O–H groups in total. The number of hydrogen-bond acceptors (Lipinski definition) is 8. The number of aromatic nitrogens is 1. The summed E-state index contributed by atoms with van der Waals surface area (Å²) in [4.78, 5) is 2.70. The third-order valence-corrected chi connectivity index (χ3v) is 8.60. The topological polar surface area (TPSA) is 41.9 Å². The van der Waals surface area contributed by atoms with Gasteiger partial charge in [0.2, 0.25) is 0 Å². The van der Waals surface area contributed by atoms with E-state index in [0.29, 0.717) is 46.2 Å². The van der Waals surface area contributed by atoms with Crippen molar-refractivity contribution in [3.05, 3.63) is 31.7 Å². The van der Waals surface area contributed by atoms with E-state index in [4.69, 9.17) is 18.9 Å². The molecule has 0 spiro atoms. The highest BCUT2D eigenvalue weighted by Gasteiger charge is 2.24. The summed E-state index contributed by atoms with van der Waals surface area (Å²) in [6.07, 6.45) is 4.44. The van der Waals surface area contributed by atoms with Crippen molar-refractivity contribution in [1.29, 1.82) is 0 Å². The van der Waals surface area contributed by atoms with E-state index in [1.165, 1.54) is 18.3 Å². The molecule has 0 saturated heterocycles. The highest BCUT2D eigenvalue weighted by molar-refractivity contribution is 8.32. The van der Waals surface area contributed by atoms with Crippen molar-refractivity contribution in [2.45, 2.75) is 16.3 Å². The fourth-order valence-corrected chi connectivity index (χ4v) is 6.93. The first-order valence-corrected chi connectivity index (χ1v) is 11.8. The zero-order chi connectivity index (χ0) is 18.0. The highest BCUT2D eigenvalue weighted by atomic mass is 32.2. The van der Waals surface area contributed by atoms with E-state index >= 15 is 0 Å². The lowest BCUT2D eigenvalue weighted by atomic mass is 10.6. The number of methoxy groups -OCH3 is 1. The van der Waals surface area contributed by atoms with Gasteiger partial charge < -0.3 is 23.5 Å². The number of hydrogen-bond donors (Lipinski definition) is 0. The molecule has 144 valence electrons. The maximum absolute atomic E-state index is 5.64. The van der Waals surface area contributed by atoms with Gasteiger partial charge in [0, 0.05) is 35.8 Å². The minimum atomic E-state index is 0.593. The Labute approximate surface area is 171 Å². The summed E-state index contributed by atoms with van der Waals surface area (Å²) in [5.41, 5.74) is 0. The normalized spacial score (nSPS) is 16.0. The number of fused-ring (bicyclic) bond motifs is 1. The maximum atomic E-state index is 5.64. The number of ether oxygens (including phenoxy) is 4. The molecule has 1 aromatic heterocycles. The second-order valence-corrected chi connectivity index (χ2v) is 9.79. The second-order valence-electron chi connectivity index (χ2n) is 5.34. The lowest BCUT2D eigenvalue weighted by Gasteiger charge is -2.07. The van der Waals surface area contributed by atoms with Gasteiger partial charge >= 0.3 is 0 Å². The fourth-order valence-electron chi connectivity index (χ4n) is 2.21. The third-order valence-electron chi connectivity index (χ3n) is 3.46. The molecule has 3 rings (SSSR count). The zero-order valence-corrected chi connectivity index (χ0v) is 17.9. The predicted molar refractivity (Wildman–Crippen MR) is 112 cm³/mol. The van der Waals surface area contributed by atoms with Gasteiger partial charge in [-0.15, -0.1) is 0 Å². The Bertz CT molecular complexity index is 597. The van der Waals surface area contributed by atoms with Gasteiger partial charge in [-0.3, -0.25) is 0 Å². The zero-order valence-electron chi connectivity index (χ0n) is 14.7. The summed E-state index contributed by atoms with van der Waals surface area (Å²) in [7, 11) is 1.66. The van der Waals surface area contributed by atoms with Crippen molar-refractivity contribution < 1.29 is 18.9 Å². The maximum Gasteiger partial charge on any atom is 0.0707 e. The van der Waals surface area contributed by atoms with E-state index in [-0.39, 0.29) is 0 Å². The van der Waals surface area contributed by atoms with Crippen LogP contribution >= 0.6 is 47.0 Å². The molecular formula is C17H23NO4S4. The van der Waals surface area contributed by atoms with Crippen LogP contribution in [0.25, 0.3) is 0 Å². The van der Waals surface area contributed by atoms with Crippen LogP contribution in [0.5, 0.6) is 0 Å². The van der Waals surface area contributed by atoms with Crippen molar-refractivity contribution in [2.75, 3.05) is 53.4 Å². The monoisotopic (exact) mass is 433 g/mol. The molecule has 2 aliphatic rings. The van der Waals surface area contributed by atoms with Gasteiger partial charge in [0.25, 0.3) is 0 Å². The summed E-state index contributed by atoms with van der Waals surface area (Å²) in [5.74, 6) is 0. The van der Waals surface area contributed by atoms with Gasteiger partial charge in [0.15, 0.2) is 0 Å². The second kappa shape index (κ2) is 11.8. The molecule has 0 radical (unpaired) electrons. The molecule has 0 aliphatic carbocycles. The van der Waals surface area contributed by atoms with E-state index in [9.17, 15) is 0 Å². The molecule has 0 aromatic carbocycles.